The molecule has 1 aliphatic carbocycles. The maximum absolute atomic E-state index is 11.1. The van der Waals surface area contributed by atoms with Gasteiger partial charge in [-0.25, -0.2) is 8.42 Å². The molecule has 0 aromatic carbocycles. The van der Waals surface area contributed by atoms with Crippen molar-refractivity contribution in [1.29, 1.82) is 5.26 Å². The Kier molecular flexibility index (Phi) is 1.80. The van der Waals surface area contributed by atoms with E-state index in [0.29, 0.717) is 12.8 Å². The Morgan fingerprint density at radius 1 is 1.64 bits per heavy atom. The summed E-state index contributed by atoms with van der Waals surface area (Å²) >= 11 is 0. The van der Waals surface area contributed by atoms with E-state index in [1.807, 2.05) is 0 Å². The van der Waals surface area contributed by atoms with Crippen LogP contribution in [0.25, 0.3) is 0 Å². The lowest BCUT2D eigenvalue weighted by molar-refractivity contribution is 0.578. The Bertz CT molecular complexity index is 284. The van der Waals surface area contributed by atoms with Gasteiger partial charge >= 0.3 is 0 Å². The lowest BCUT2D eigenvalue weighted by Crippen LogP contribution is -2.32. The number of rotatable bonds is 3. The number of hydrogen-bond donors (Lipinski definition) is 1. The van der Waals surface area contributed by atoms with Crippen LogP contribution in [0.3, 0.4) is 0 Å². The van der Waals surface area contributed by atoms with Crippen LogP contribution >= 0.6 is 0 Å². The van der Waals surface area contributed by atoms with Gasteiger partial charge in [0.1, 0.15) is 0 Å². The molecule has 0 saturated heterocycles. The maximum atomic E-state index is 11.1. The van der Waals surface area contributed by atoms with Crippen molar-refractivity contribution in [3.8, 4) is 6.19 Å². The first-order valence-electron chi connectivity index (χ1n) is 3.33. The van der Waals surface area contributed by atoms with Crippen molar-refractivity contribution >= 4 is 9.84 Å². The van der Waals surface area contributed by atoms with Crippen LogP contribution in [-0.4, -0.2) is 26.0 Å². The molecule has 1 fully saturated rings. The first-order chi connectivity index (χ1) is 5.02. The quantitative estimate of drug-likeness (QED) is 0.468. The molecule has 0 heterocycles. The first-order valence-corrected chi connectivity index (χ1v) is 5.22. The number of nitriles is 1. The Labute approximate surface area is 66.1 Å². The predicted octanol–water partition coefficient (Wildman–Crippen LogP) is -0.366. The minimum absolute atomic E-state index is 0.266. The Hall–Kier alpha value is -0.760. The third-order valence-electron chi connectivity index (χ3n) is 2.08. The zero-order valence-corrected chi connectivity index (χ0v) is 7.11. The number of sulfone groups is 1. The molecule has 4 nitrogen and oxygen atoms in total. The second-order valence-corrected chi connectivity index (χ2v) is 5.33. The van der Waals surface area contributed by atoms with Gasteiger partial charge < -0.3 is 5.32 Å². The van der Waals surface area contributed by atoms with Crippen molar-refractivity contribution in [3.05, 3.63) is 0 Å². The van der Waals surface area contributed by atoms with Crippen molar-refractivity contribution in [2.24, 2.45) is 0 Å². The van der Waals surface area contributed by atoms with Crippen LogP contribution in [0.1, 0.15) is 12.8 Å². The van der Waals surface area contributed by atoms with E-state index in [-0.39, 0.29) is 6.54 Å². The largest absolute Gasteiger partial charge is 0.322 e. The van der Waals surface area contributed by atoms with Crippen LogP contribution in [0.2, 0.25) is 0 Å². The fourth-order valence-corrected chi connectivity index (χ4v) is 2.20. The summed E-state index contributed by atoms with van der Waals surface area (Å²) in [5, 5.41) is 10.6. The summed E-state index contributed by atoms with van der Waals surface area (Å²) in [5.41, 5.74) is 0. The average Bonchev–Trinajstić information content (AvgIpc) is 2.61. The average molecular weight is 174 g/mol. The molecule has 0 aromatic heterocycles. The monoisotopic (exact) mass is 174 g/mol. The van der Waals surface area contributed by atoms with E-state index in [9.17, 15) is 8.42 Å². The van der Waals surface area contributed by atoms with Gasteiger partial charge in [-0.2, -0.15) is 5.26 Å². The van der Waals surface area contributed by atoms with E-state index < -0.39 is 14.6 Å². The summed E-state index contributed by atoms with van der Waals surface area (Å²) in [6, 6.07) is 0. The smallest absolute Gasteiger partial charge is 0.176 e. The molecule has 0 aromatic rings. The van der Waals surface area contributed by atoms with E-state index in [1.54, 1.807) is 6.19 Å². The van der Waals surface area contributed by atoms with Crippen LogP contribution in [0.15, 0.2) is 0 Å². The summed E-state index contributed by atoms with van der Waals surface area (Å²) in [5.74, 6) is 0. The summed E-state index contributed by atoms with van der Waals surface area (Å²) in [7, 11) is -2.98. The molecule has 5 heteroatoms. The molecule has 11 heavy (non-hydrogen) atoms. The van der Waals surface area contributed by atoms with E-state index in [2.05, 4.69) is 5.32 Å². The molecule has 0 amide bonds. The summed E-state index contributed by atoms with van der Waals surface area (Å²) < 4.78 is 21.5. The minimum Gasteiger partial charge on any atom is -0.322 e. The molecular weight excluding hydrogens is 164 g/mol. The topological polar surface area (TPSA) is 70.0 Å². The molecule has 0 bridgehead atoms. The van der Waals surface area contributed by atoms with Crippen molar-refractivity contribution < 1.29 is 8.42 Å². The van der Waals surface area contributed by atoms with Gasteiger partial charge in [0.25, 0.3) is 0 Å². The molecule has 0 unspecified atom stereocenters. The second-order valence-electron chi connectivity index (χ2n) is 2.92. The van der Waals surface area contributed by atoms with Gasteiger partial charge in [-0.1, -0.05) is 0 Å². The molecule has 62 valence electrons. The van der Waals surface area contributed by atoms with Crippen LogP contribution < -0.4 is 5.32 Å². The summed E-state index contributed by atoms with van der Waals surface area (Å²) in [6.45, 7) is 0.266. The highest BCUT2D eigenvalue weighted by Gasteiger charge is 2.51. The predicted molar refractivity (Wildman–Crippen MR) is 40.4 cm³/mol. The highest BCUT2D eigenvalue weighted by atomic mass is 32.2. The molecule has 1 rings (SSSR count). The third-order valence-corrected chi connectivity index (χ3v) is 4.21. The fourth-order valence-electron chi connectivity index (χ4n) is 1.02. The Balaban J connectivity index is 2.64. The van der Waals surface area contributed by atoms with Gasteiger partial charge in [-0.15, -0.1) is 0 Å². The zero-order chi connectivity index (χ0) is 8.54. The third kappa shape index (κ3) is 1.46. The van der Waals surface area contributed by atoms with Crippen LogP contribution in [-0.2, 0) is 9.84 Å². The molecule has 1 aliphatic rings. The lowest BCUT2D eigenvalue weighted by atomic mass is 10.4. The number of nitrogens with one attached hydrogen (secondary N) is 1. The van der Waals surface area contributed by atoms with Crippen molar-refractivity contribution in [2.45, 2.75) is 17.6 Å². The molecule has 1 saturated carbocycles. The molecule has 1 N–H and O–H groups in total. The van der Waals surface area contributed by atoms with Gasteiger partial charge in [0, 0.05) is 12.8 Å². The van der Waals surface area contributed by atoms with E-state index in [1.165, 1.54) is 6.26 Å². The van der Waals surface area contributed by atoms with Crippen LogP contribution in [0.4, 0.5) is 0 Å². The fraction of sp³-hybridized carbons (Fsp3) is 0.833. The van der Waals surface area contributed by atoms with Gasteiger partial charge in [-0.3, -0.25) is 0 Å². The Morgan fingerprint density at radius 2 is 2.18 bits per heavy atom. The van der Waals surface area contributed by atoms with Crippen LogP contribution in [0.5, 0.6) is 0 Å². The first kappa shape index (κ1) is 8.34. The summed E-state index contributed by atoms with van der Waals surface area (Å²) in [6.07, 6.45) is 4.30. The van der Waals surface area contributed by atoms with Crippen molar-refractivity contribution in [3.63, 3.8) is 0 Å². The minimum atomic E-state index is -2.98. The highest BCUT2D eigenvalue weighted by Crippen LogP contribution is 2.42. The van der Waals surface area contributed by atoms with Gasteiger partial charge in [0.15, 0.2) is 16.0 Å². The normalized spacial score (nSPS) is 20.4. The molecular formula is C6H10N2O2S. The van der Waals surface area contributed by atoms with Crippen molar-refractivity contribution in [1.82, 2.24) is 5.32 Å². The van der Waals surface area contributed by atoms with E-state index in [4.69, 9.17) is 5.26 Å². The van der Waals surface area contributed by atoms with Gasteiger partial charge in [-0.05, 0) is 12.8 Å². The van der Waals surface area contributed by atoms with Crippen molar-refractivity contribution in [2.75, 3.05) is 12.8 Å². The lowest BCUT2D eigenvalue weighted by Gasteiger charge is -2.09. The van der Waals surface area contributed by atoms with Crippen LogP contribution in [0, 0.1) is 11.5 Å². The molecule has 0 atom stereocenters. The SMILES string of the molecule is CS(=O)(=O)C1(CNC#N)CC1. The molecule has 0 radical (unpaired) electrons. The summed E-state index contributed by atoms with van der Waals surface area (Å²) in [4.78, 5) is 0. The Morgan fingerprint density at radius 3 is 2.45 bits per heavy atom. The van der Waals surface area contributed by atoms with Gasteiger partial charge in [0.2, 0.25) is 0 Å². The standard InChI is InChI=1S/C6H10N2O2S/c1-11(9,10)6(2-3-6)4-8-5-7/h8H,2-4H2,1H3. The zero-order valence-electron chi connectivity index (χ0n) is 6.29. The number of hydrogen-bond acceptors (Lipinski definition) is 4. The van der Waals surface area contributed by atoms with Gasteiger partial charge in [0.05, 0.1) is 4.75 Å². The molecule has 0 aliphatic heterocycles. The van der Waals surface area contributed by atoms with E-state index >= 15 is 0 Å². The number of nitrogens with zero attached hydrogens (tertiary/aromatic N) is 1. The maximum Gasteiger partial charge on any atom is 0.176 e. The molecule has 0 spiro atoms. The highest BCUT2D eigenvalue weighted by molar-refractivity contribution is 7.92. The second kappa shape index (κ2) is 2.38. The van der Waals surface area contributed by atoms with E-state index in [0.717, 1.165) is 0 Å².